The van der Waals surface area contributed by atoms with Gasteiger partial charge in [-0.1, -0.05) is 6.92 Å². The fourth-order valence-corrected chi connectivity index (χ4v) is 4.86. The number of nitrogens with zero attached hydrogens (tertiary/aromatic N) is 3. The van der Waals surface area contributed by atoms with E-state index < -0.39 is 30.4 Å². The number of thiophene rings is 1. The van der Waals surface area contributed by atoms with Gasteiger partial charge in [-0.2, -0.15) is 13.2 Å². The van der Waals surface area contributed by atoms with Gasteiger partial charge in [-0.3, -0.25) is 18.7 Å². The molecule has 28 heavy (non-hydrogen) atoms. The van der Waals surface area contributed by atoms with Gasteiger partial charge in [0.05, 0.1) is 18.4 Å². The minimum atomic E-state index is -4.41. The van der Waals surface area contributed by atoms with Gasteiger partial charge in [0.15, 0.2) is 0 Å². The number of aromatic nitrogens is 2. The zero-order valence-electron chi connectivity index (χ0n) is 15.9. The van der Waals surface area contributed by atoms with Gasteiger partial charge in [0.25, 0.3) is 5.56 Å². The van der Waals surface area contributed by atoms with E-state index in [1.807, 2.05) is 6.92 Å². The number of carbonyl (C=O) groups is 1. The Balaban J connectivity index is 2.13. The molecule has 10 heteroatoms. The Bertz CT molecular complexity index is 1040. The molecule has 1 aliphatic rings. The number of halogens is 3. The van der Waals surface area contributed by atoms with Crippen LogP contribution < -0.4 is 11.2 Å². The molecule has 3 heterocycles. The minimum absolute atomic E-state index is 0.0253. The second kappa shape index (κ2) is 7.38. The van der Waals surface area contributed by atoms with Crippen molar-refractivity contribution < 1.29 is 18.0 Å². The molecule has 0 saturated carbocycles. The molecule has 0 spiro atoms. The monoisotopic (exact) mass is 417 g/mol. The van der Waals surface area contributed by atoms with Crippen LogP contribution in [-0.4, -0.2) is 32.7 Å². The van der Waals surface area contributed by atoms with Crippen LogP contribution in [0.25, 0.3) is 10.2 Å². The lowest BCUT2D eigenvalue weighted by Gasteiger charge is -2.15. The lowest BCUT2D eigenvalue weighted by molar-refractivity contribution is -0.136. The van der Waals surface area contributed by atoms with Crippen LogP contribution in [0.1, 0.15) is 37.1 Å². The van der Waals surface area contributed by atoms with Gasteiger partial charge in [-0.25, -0.2) is 4.79 Å². The van der Waals surface area contributed by atoms with Crippen molar-refractivity contribution in [1.29, 1.82) is 0 Å². The number of alkyl halides is 3. The van der Waals surface area contributed by atoms with E-state index in [0.717, 1.165) is 31.8 Å². The smallest absolute Gasteiger partial charge is 0.337 e. The van der Waals surface area contributed by atoms with E-state index in [9.17, 15) is 27.6 Å². The van der Waals surface area contributed by atoms with Crippen LogP contribution in [-0.2, 0) is 24.4 Å². The highest BCUT2D eigenvalue weighted by Gasteiger charge is 2.31. The van der Waals surface area contributed by atoms with E-state index in [4.69, 9.17) is 0 Å². The molecule has 1 aliphatic heterocycles. The van der Waals surface area contributed by atoms with Crippen molar-refractivity contribution in [2.75, 3.05) is 6.54 Å². The number of aryl methyl sites for hydroxylation is 2. The van der Waals surface area contributed by atoms with Crippen molar-refractivity contribution in [2.24, 2.45) is 5.92 Å². The Hall–Kier alpha value is -2.10. The largest absolute Gasteiger partial charge is 0.390 e. The van der Waals surface area contributed by atoms with Crippen molar-refractivity contribution in [2.45, 2.75) is 59.4 Å². The topological polar surface area (TPSA) is 64.3 Å². The van der Waals surface area contributed by atoms with Crippen molar-refractivity contribution in [3.8, 4) is 0 Å². The molecule has 3 rings (SSSR count). The van der Waals surface area contributed by atoms with Gasteiger partial charge in [-0.15, -0.1) is 11.3 Å². The molecule has 0 aromatic carbocycles. The minimum Gasteiger partial charge on any atom is -0.337 e. The molecular weight excluding hydrogens is 395 g/mol. The quantitative estimate of drug-likeness (QED) is 0.752. The first-order valence-corrected chi connectivity index (χ1v) is 9.98. The van der Waals surface area contributed by atoms with Crippen LogP contribution in [0.15, 0.2) is 9.59 Å². The molecule has 1 saturated heterocycles. The van der Waals surface area contributed by atoms with Gasteiger partial charge >= 0.3 is 11.9 Å². The first kappa shape index (κ1) is 20.6. The van der Waals surface area contributed by atoms with Crippen molar-refractivity contribution in [3.05, 3.63) is 31.3 Å². The predicted octanol–water partition coefficient (Wildman–Crippen LogP) is 2.87. The van der Waals surface area contributed by atoms with Crippen LogP contribution in [0.4, 0.5) is 13.2 Å². The molecule has 2 aromatic heterocycles. The first-order valence-electron chi connectivity index (χ1n) is 9.16. The molecule has 1 amide bonds. The molecule has 2 aromatic rings. The Morgan fingerprint density at radius 1 is 1.18 bits per heavy atom. The predicted molar refractivity (Wildman–Crippen MR) is 101 cm³/mol. The molecule has 1 fully saturated rings. The summed E-state index contributed by atoms with van der Waals surface area (Å²) < 4.78 is 40.2. The van der Waals surface area contributed by atoms with Crippen LogP contribution in [0.2, 0.25) is 0 Å². The van der Waals surface area contributed by atoms with Crippen molar-refractivity contribution in [3.63, 3.8) is 0 Å². The summed E-state index contributed by atoms with van der Waals surface area (Å²) in [4.78, 5) is 40.3. The van der Waals surface area contributed by atoms with Gasteiger partial charge in [0.2, 0.25) is 5.91 Å². The Morgan fingerprint density at radius 2 is 1.86 bits per heavy atom. The van der Waals surface area contributed by atoms with Crippen molar-refractivity contribution in [1.82, 2.24) is 14.0 Å². The second-order valence-corrected chi connectivity index (χ2v) is 8.21. The number of fused-ring (bicyclic) bond motifs is 1. The van der Waals surface area contributed by atoms with E-state index in [1.165, 1.54) is 0 Å². The molecule has 1 unspecified atom stereocenters. The normalized spacial score (nSPS) is 17.9. The maximum absolute atomic E-state index is 12.8. The Kier molecular flexibility index (Phi) is 5.44. The van der Waals surface area contributed by atoms with E-state index in [2.05, 4.69) is 0 Å². The summed E-state index contributed by atoms with van der Waals surface area (Å²) in [5, 5.41) is 0.267. The number of carbonyl (C=O) groups excluding carboxylic acids is 1. The lowest BCUT2D eigenvalue weighted by Crippen LogP contribution is -2.39. The van der Waals surface area contributed by atoms with Crippen LogP contribution in [0.5, 0.6) is 0 Å². The first-order chi connectivity index (χ1) is 13.0. The highest BCUT2D eigenvalue weighted by atomic mass is 32.1. The molecule has 0 N–H and O–H groups in total. The molecule has 1 atom stereocenters. The standard InChI is InChI=1S/C18H22F3N3O3S/c1-4-23-15(26)13-11(3)12(9-22-7-5-10(2)14(22)25)28-16(13)24(17(23)27)8-6-18(19,20)21/h10H,4-9H2,1-3H3. The fraction of sp³-hybridized carbons (Fsp3) is 0.611. The second-order valence-electron chi connectivity index (χ2n) is 7.13. The summed E-state index contributed by atoms with van der Waals surface area (Å²) in [6, 6.07) is 0. The highest BCUT2D eigenvalue weighted by Crippen LogP contribution is 2.31. The molecule has 0 bridgehead atoms. The molecule has 154 valence electrons. The van der Waals surface area contributed by atoms with Gasteiger partial charge in [0.1, 0.15) is 4.83 Å². The summed E-state index contributed by atoms with van der Waals surface area (Å²) in [5.41, 5.74) is -0.602. The third-order valence-corrected chi connectivity index (χ3v) is 6.53. The summed E-state index contributed by atoms with van der Waals surface area (Å²) in [7, 11) is 0. The van der Waals surface area contributed by atoms with E-state index in [0.29, 0.717) is 18.7 Å². The Morgan fingerprint density at radius 3 is 2.39 bits per heavy atom. The van der Waals surface area contributed by atoms with Gasteiger partial charge < -0.3 is 4.90 Å². The Labute approximate surface area is 163 Å². The zero-order chi connectivity index (χ0) is 20.8. The summed E-state index contributed by atoms with van der Waals surface area (Å²) in [6.07, 6.45) is -4.81. The molecule has 0 radical (unpaired) electrons. The zero-order valence-corrected chi connectivity index (χ0v) is 16.7. The third-order valence-electron chi connectivity index (χ3n) is 5.23. The van der Waals surface area contributed by atoms with Gasteiger partial charge in [-0.05, 0) is 25.8 Å². The lowest BCUT2D eigenvalue weighted by atomic mass is 10.1. The van der Waals surface area contributed by atoms with Crippen LogP contribution >= 0.6 is 11.3 Å². The number of hydrogen-bond donors (Lipinski definition) is 0. The van der Waals surface area contributed by atoms with Crippen LogP contribution in [0.3, 0.4) is 0 Å². The molecule has 0 aliphatic carbocycles. The number of rotatable bonds is 5. The summed E-state index contributed by atoms with van der Waals surface area (Å²) in [5.74, 6) is -0.0331. The number of likely N-dealkylation sites (tertiary alicyclic amines) is 1. The maximum atomic E-state index is 12.8. The highest BCUT2D eigenvalue weighted by molar-refractivity contribution is 7.18. The van der Waals surface area contributed by atoms with Gasteiger partial charge in [0, 0.05) is 30.4 Å². The van der Waals surface area contributed by atoms with E-state index in [1.54, 1.807) is 18.7 Å². The fourth-order valence-electron chi connectivity index (χ4n) is 3.53. The van der Waals surface area contributed by atoms with Crippen LogP contribution in [0, 0.1) is 12.8 Å². The van der Waals surface area contributed by atoms with Crippen molar-refractivity contribution >= 4 is 27.5 Å². The third kappa shape index (κ3) is 3.61. The average Bonchev–Trinajstić information content (AvgIpc) is 3.09. The maximum Gasteiger partial charge on any atom is 0.390 e. The number of amides is 1. The number of hydrogen-bond acceptors (Lipinski definition) is 4. The van der Waals surface area contributed by atoms with E-state index >= 15 is 0 Å². The van der Waals surface area contributed by atoms with E-state index in [-0.39, 0.29) is 28.6 Å². The molecule has 6 nitrogen and oxygen atoms in total. The average molecular weight is 417 g/mol. The molecular formula is C18H22F3N3O3S. The summed E-state index contributed by atoms with van der Waals surface area (Å²) >= 11 is 1.13. The SMILES string of the molecule is CCn1c(=O)c2c(C)c(CN3CCC(C)C3=O)sc2n(CCC(F)(F)F)c1=O. The summed E-state index contributed by atoms with van der Waals surface area (Å²) in [6.45, 7) is 5.62.